The number of rotatable bonds is 5. The van der Waals surface area contributed by atoms with Crippen LogP contribution in [0.25, 0.3) is 10.9 Å². The molecule has 0 saturated heterocycles. The largest absolute Gasteiger partial charge is 0.328 e. The molecule has 0 fully saturated rings. The van der Waals surface area contributed by atoms with E-state index in [0.29, 0.717) is 6.04 Å². The Morgan fingerprint density at radius 1 is 1.14 bits per heavy atom. The lowest BCUT2D eigenvalue weighted by atomic mass is 10.2. The van der Waals surface area contributed by atoms with Crippen LogP contribution in [0, 0.1) is 0 Å². The van der Waals surface area contributed by atoms with Gasteiger partial charge in [0, 0.05) is 23.8 Å². The molecule has 3 aromatic rings. The number of hydrogen-bond acceptors (Lipinski definition) is 3. The smallest absolute Gasteiger partial charge is 0.123 e. The normalized spacial score (nSPS) is 11.4. The van der Waals surface area contributed by atoms with Crippen molar-refractivity contribution < 1.29 is 0 Å². The summed E-state index contributed by atoms with van der Waals surface area (Å²) in [7, 11) is 0. The first-order valence-corrected chi connectivity index (χ1v) is 7.30. The fraction of sp³-hybridized carbons (Fsp3) is 0.294. The highest BCUT2D eigenvalue weighted by Gasteiger charge is 2.05. The van der Waals surface area contributed by atoms with Crippen LogP contribution >= 0.6 is 0 Å². The van der Waals surface area contributed by atoms with E-state index in [1.54, 1.807) is 0 Å². The maximum absolute atomic E-state index is 4.72. The van der Waals surface area contributed by atoms with Crippen LogP contribution in [0.5, 0.6) is 0 Å². The molecule has 4 heteroatoms. The highest BCUT2D eigenvalue weighted by molar-refractivity contribution is 5.78. The van der Waals surface area contributed by atoms with Crippen LogP contribution in [0.2, 0.25) is 0 Å². The zero-order valence-corrected chi connectivity index (χ0v) is 12.5. The molecule has 4 nitrogen and oxygen atoms in total. The summed E-state index contributed by atoms with van der Waals surface area (Å²) in [5.41, 5.74) is 2.09. The van der Waals surface area contributed by atoms with Crippen molar-refractivity contribution in [3.63, 3.8) is 0 Å². The Hall–Kier alpha value is -2.20. The molecule has 0 unspecified atom stereocenters. The van der Waals surface area contributed by atoms with Crippen molar-refractivity contribution in [3.05, 3.63) is 60.3 Å². The highest BCUT2D eigenvalue weighted by atomic mass is 15.1. The molecular weight excluding hydrogens is 260 g/mol. The fourth-order valence-electron chi connectivity index (χ4n) is 2.32. The number of aromatic nitrogens is 3. The molecule has 3 rings (SSSR count). The van der Waals surface area contributed by atoms with E-state index in [0.717, 1.165) is 30.1 Å². The molecule has 0 aliphatic carbocycles. The summed E-state index contributed by atoms with van der Waals surface area (Å²) < 4.78 is 2.15. The number of nitrogens with one attached hydrogen (secondary N) is 1. The van der Waals surface area contributed by atoms with E-state index < -0.39 is 0 Å². The van der Waals surface area contributed by atoms with Crippen molar-refractivity contribution in [2.24, 2.45) is 0 Å². The van der Waals surface area contributed by atoms with E-state index in [1.807, 2.05) is 30.6 Å². The maximum atomic E-state index is 4.72. The van der Waals surface area contributed by atoms with Gasteiger partial charge in [-0.15, -0.1) is 0 Å². The summed E-state index contributed by atoms with van der Waals surface area (Å²) in [5, 5.41) is 4.57. The van der Waals surface area contributed by atoms with Crippen LogP contribution in [-0.2, 0) is 13.1 Å². The minimum atomic E-state index is 0.453. The highest BCUT2D eigenvalue weighted by Crippen LogP contribution is 2.13. The van der Waals surface area contributed by atoms with Crippen LogP contribution < -0.4 is 5.32 Å². The van der Waals surface area contributed by atoms with E-state index in [4.69, 9.17) is 4.98 Å². The lowest BCUT2D eigenvalue weighted by Crippen LogP contribution is -2.24. The molecule has 21 heavy (non-hydrogen) atoms. The minimum Gasteiger partial charge on any atom is -0.328 e. The second kappa shape index (κ2) is 6.06. The monoisotopic (exact) mass is 280 g/mol. The Balaban J connectivity index is 1.80. The first kappa shape index (κ1) is 13.8. The number of hydrogen-bond donors (Lipinski definition) is 1. The SMILES string of the molecule is CC(C)NCc1nccn1Cc1ccc2ccccc2n1. The van der Waals surface area contributed by atoms with Gasteiger partial charge in [-0.1, -0.05) is 38.1 Å². The Morgan fingerprint density at radius 2 is 2.00 bits per heavy atom. The second-order valence-electron chi connectivity index (χ2n) is 5.50. The summed E-state index contributed by atoms with van der Waals surface area (Å²) in [5.74, 6) is 1.04. The molecule has 0 aliphatic heterocycles. The number of fused-ring (bicyclic) bond motifs is 1. The third kappa shape index (κ3) is 3.28. The zero-order valence-electron chi connectivity index (χ0n) is 12.5. The van der Waals surface area contributed by atoms with E-state index in [-0.39, 0.29) is 0 Å². The van der Waals surface area contributed by atoms with Crippen molar-refractivity contribution >= 4 is 10.9 Å². The summed E-state index contributed by atoms with van der Waals surface area (Å²) >= 11 is 0. The van der Waals surface area contributed by atoms with Gasteiger partial charge in [0.15, 0.2) is 0 Å². The number of benzene rings is 1. The van der Waals surface area contributed by atoms with E-state index in [9.17, 15) is 0 Å². The van der Waals surface area contributed by atoms with Gasteiger partial charge in [0.05, 0.1) is 24.3 Å². The molecule has 0 bridgehead atoms. The van der Waals surface area contributed by atoms with Gasteiger partial charge in [-0.3, -0.25) is 4.98 Å². The van der Waals surface area contributed by atoms with Crippen LogP contribution in [-0.4, -0.2) is 20.6 Å². The van der Waals surface area contributed by atoms with Gasteiger partial charge in [-0.05, 0) is 12.1 Å². The third-order valence-electron chi connectivity index (χ3n) is 3.46. The Labute approximate surface area is 124 Å². The fourth-order valence-corrected chi connectivity index (χ4v) is 2.32. The van der Waals surface area contributed by atoms with Crippen LogP contribution in [0.3, 0.4) is 0 Å². The molecular formula is C17H20N4. The van der Waals surface area contributed by atoms with E-state index >= 15 is 0 Å². The van der Waals surface area contributed by atoms with Gasteiger partial charge in [-0.2, -0.15) is 0 Å². The Bertz CT molecular complexity index is 730. The minimum absolute atomic E-state index is 0.453. The predicted octanol–water partition coefficient (Wildman–Crippen LogP) is 2.98. The molecule has 0 radical (unpaired) electrons. The average molecular weight is 280 g/mol. The maximum Gasteiger partial charge on any atom is 0.123 e. The van der Waals surface area contributed by atoms with Crippen LogP contribution in [0.4, 0.5) is 0 Å². The number of pyridine rings is 1. The molecule has 1 aromatic carbocycles. The average Bonchev–Trinajstić information content (AvgIpc) is 2.92. The summed E-state index contributed by atoms with van der Waals surface area (Å²) in [6.07, 6.45) is 3.85. The van der Waals surface area contributed by atoms with Gasteiger partial charge >= 0.3 is 0 Å². The van der Waals surface area contributed by atoms with Gasteiger partial charge in [0.25, 0.3) is 0 Å². The summed E-state index contributed by atoms with van der Waals surface area (Å²) in [4.78, 5) is 9.14. The molecule has 0 atom stereocenters. The number of nitrogens with zero attached hydrogens (tertiary/aromatic N) is 3. The molecule has 0 aliphatic rings. The molecule has 108 valence electrons. The van der Waals surface area contributed by atoms with Crippen molar-refractivity contribution in [1.82, 2.24) is 19.9 Å². The Morgan fingerprint density at radius 3 is 2.86 bits per heavy atom. The van der Waals surface area contributed by atoms with Crippen LogP contribution in [0.15, 0.2) is 48.8 Å². The first-order chi connectivity index (χ1) is 10.2. The summed E-state index contributed by atoms with van der Waals surface area (Å²) in [6, 6.07) is 12.9. The molecule has 2 aromatic heterocycles. The number of imidazole rings is 1. The van der Waals surface area contributed by atoms with Gasteiger partial charge in [0.1, 0.15) is 5.82 Å². The van der Waals surface area contributed by atoms with E-state index in [2.05, 4.69) is 46.9 Å². The van der Waals surface area contributed by atoms with Gasteiger partial charge < -0.3 is 9.88 Å². The van der Waals surface area contributed by atoms with Crippen molar-refractivity contribution in [2.45, 2.75) is 33.0 Å². The van der Waals surface area contributed by atoms with E-state index in [1.165, 1.54) is 5.39 Å². The molecule has 0 amide bonds. The lowest BCUT2D eigenvalue weighted by Gasteiger charge is -2.11. The van der Waals surface area contributed by atoms with Crippen molar-refractivity contribution in [1.29, 1.82) is 0 Å². The third-order valence-corrected chi connectivity index (χ3v) is 3.46. The van der Waals surface area contributed by atoms with Crippen molar-refractivity contribution in [2.75, 3.05) is 0 Å². The predicted molar refractivity (Wildman–Crippen MR) is 85.0 cm³/mol. The molecule has 2 heterocycles. The molecule has 0 saturated carbocycles. The summed E-state index contributed by atoms with van der Waals surface area (Å²) in [6.45, 7) is 5.80. The second-order valence-corrected chi connectivity index (χ2v) is 5.50. The standard InChI is InChI=1S/C17H20N4/c1-13(2)19-11-17-18-9-10-21(17)12-15-8-7-14-5-3-4-6-16(14)20-15/h3-10,13,19H,11-12H2,1-2H3. The topological polar surface area (TPSA) is 42.7 Å². The molecule has 1 N–H and O–H groups in total. The van der Waals surface area contributed by atoms with Gasteiger partial charge in [-0.25, -0.2) is 4.98 Å². The molecule has 0 spiro atoms. The Kier molecular flexibility index (Phi) is 3.97. The lowest BCUT2D eigenvalue weighted by molar-refractivity contribution is 0.553. The quantitative estimate of drug-likeness (QED) is 0.781. The van der Waals surface area contributed by atoms with Crippen molar-refractivity contribution in [3.8, 4) is 0 Å². The van der Waals surface area contributed by atoms with Gasteiger partial charge in [0.2, 0.25) is 0 Å². The first-order valence-electron chi connectivity index (χ1n) is 7.30. The zero-order chi connectivity index (χ0) is 14.7. The number of para-hydroxylation sites is 1. The van der Waals surface area contributed by atoms with Crippen LogP contribution in [0.1, 0.15) is 25.4 Å².